The molecule has 0 bridgehead atoms. The number of nitrogens with zero attached hydrogens (tertiary/aromatic N) is 1. The molecule has 0 aliphatic rings. The van der Waals surface area contributed by atoms with Gasteiger partial charge in [0.2, 0.25) is 0 Å². The van der Waals surface area contributed by atoms with Gasteiger partial charge in [-0.1, -0.05) is 111 Å². The van der Waals surface area contributed by atoms with E-state index in [9.17, 15) is 0 Å². The molecular weight excluding hydrogens is 502 g/mol. The maximum Gasteiger partial charge on any atom is 0.119 e. The van der Waals surface area contributed by atoms with Crippen molar-refractivity contribution < 1.29 is 9.47 Å². The summed E-state index contributed by atoms with van der Waals surface area (Å²) < 4.78 is 11.8. The van der Waals surface area contributed by atoms with Gasteiger partial charge in [-0.25, -0.2) is 0 Å². The number of unbranched alkanes of at least 4 members (excludes halogenated alkanes) is 6. The number of allylic oxidation sites excluding steroid dienone is 3. The molecule has 41 heavy (non-hydrogen) atoms. The molecule has 0 aliphatic carbocycles. The van der Waals surface area contributed by atoms with Crippen molar-refractivity contribution in [1.29, 1.82) is 0 Å². The Kier molecular flexibility index (Phi) is 13.9. The van der Waals surface area contributed by atoms with Gasteiger partial charge in [-0.15, -0.1) is 0 Å². The van der Waals surface area contributed by atoms with E-state index in [1.54, 1.807) is 0 Å². The molecule has 3 heteroatoms. The SMILES string of the molecule is CN(C)CCOc1ccc(/C(=C(/C=C\CCCCCCCCOC(C)(C)C)c2ccccc2)c2ccccc2)cc1. The van der Waals surface area contributed by atoms with Crippen molar-refractivity contribution in [1.82, 2.24) is 4.90 Å². The van der Waals surface area contributed by atoms with Crippen LogP contribution in [0.15, 0.2) is 97.1 Å². The highest BCUT2D eigenvalue weighted by atomic mass is 16.5. The zero-order valence-corrected chi connectivity index (χ0v) is 26.1. The summed E-state index contributed by atoms with van der Waals surface area (Å²) in [5, 5.41) is 0. The van der Waals surface area contributed by atoms with Crippen LogP contribution in [0.1, 0.15) is 82.4 Å². The predicted octanol–water partition coefficient (Wildman–Crippen LogP) is 9.69. The molecule has 0 spiro atoms. The van der Waals surface area contributed by atoms with Crippen LogP contribution >= 0.6 is 0 Å². The second-order valence-corrected chi connectivity index (χ2v) is 12.0. The maximum absolute atomic E-state index is 5.98. The van der Waals surface area contributed by atoms with Crippen LogP contribution in [-0.2, 0) is 4.74 Å². The van der Waals surface area contributed by atoms with Crippen LogP contribution in [0, 0.1) is 0 Å². The van der Waals surface area contributed by atoms with Crippen LogP contribution in [0.4, 0.5) is 0 Å². The standard InChI is InChI=1S/C38H51NO2/c1-38(2,3)41-30-19-11-9-7-6-8-10-18-24-36(32-20-14-12-15-21-32)37(33-22-16-13-17-23-33)34-25-27-35(28-26-34)40-31-29-39(4)5/h12-18,20-28H,6-11,19,29-31H2,1-5H3/b24-18-,37-36-. The first-order valence-corrected chi connectivity index (χ1v) is 15.4. The first-order valence-electron chi connectivity index (χ1n) is 15.4. The van der Waals surface area contributed by atoms with E-state index in [1.807, 2.05) is 0 Å². The lowest BCUT2D eigenvalue weighted by Crippen LogP contribution is -2.19. The van der Waals surface area contributed by atoms with E-state index in [4.69, 9.17) is 9.47 Å². The van der Waals surface area contributed by atoms with Gasteiger partial charge < -0.3 is 14.4 Å². The average molecular weight is 554 g/mol. The zero-order chi connectivity index (χ0) is 29.3. The van der Waals surface area contributed by atoms with E-state index < -0.39 is 0 Å². The molecule has 0 atom stereocenters. The minimum Gasteiger partial charge on any atom is -0.492 e. The molecule has 220 valence electrons. The fourth-order valence-electron chi connectivity index (χ4n) is 4.74. The number of hydrogen-bond donors (Lipinski definition) is 0. The van der Waals surface area contributed by atoms with Gasteiger partial charge >= 0.3 is 0 Å². The Morgan fingerprint density at radius 1 is 0.659 bits per heavy atom. The van der Waals surface area contributed by atoms with Gasteiger partial charge in [-0.05, 0) is 94.1 Å². The van der Waals surface area contributed by atoms with Crippen LogP contribution in [0.25, 0.3) is 11.1 Å². The van der Waals surface area contributed by atoms with Crippen molar-refractivity contribution >= 4 is 11.1 Å². The Hall–Kier alpha value is -3.14. The normalized spacial score (nSPS) is 12.6. The van der Waals surface area contributed by atoms with Crippen molar-refractivity contribution in [3.05, 3.63) is 114 Å². The van der Waals surface area contributed by atoms with Crippen LogP contribution in [0.5, 0.6) is 5.75 Å². The molecule has 0 N–H and O–H groups in total. The van der Waals surface area contributed by atoms with Crippen LogP contribution in [0.3, 0.4) is 0 Å². The number of likely N-dealkylation sites (N-methyl/N-ethyl adjacent to an activating group) is 1. The topological polar surface area (TPSA) is 21.7 Å². The maximum atomic E-state index is 5.98. The van der Waals surface area contributed by atoms with Crippen molar-refractivity contribution in [3.8, 4) is 5.75 Å². The fourth-order valence-corrected chi connectivity index (χ4v) is 4.74. The second-order valence-electron chi connectivity index (χ2n) is 12.0. The van der Waals surface area contributed by atoms with Gasteiger partial charge in [0.25, 0.3) is 0 Å². The highest BCUT2D eigenvalue weighted by Gasteiger charge is 2.13. The molecule has 0 amide bonds. The largest absolute Gasteiger partial charge is 0.492 e. The molecule has 0 radical (unpaired) electrons. The average Bonchev–Trinajstić information content (AvgIpc) is 2.96. The van der Waals surface area contributed by atoms with Gasteiger partial charge in [0.05, 0.1) is 5.60 Å². The molecule has 0 unspecified atom stereocenters. The summed E-state index contributed by atoms with van der Waals surface area (Å²) in [5.41, 5.74) is 6.10. The third-order valence-corrected chi connectivity index (χ3v) is 6.95. The van der Waals surface area contributed by atoms with Crippen LogP contribution in [-0.4, -0.2) is 44.4 Å². The van der Waals surface area contributed by atoms with Crippen LogP contribution in [0.2, 0.25) is 0 Å². The minimum atomic E-state index is -0.0244. The lowest BCUT2D eigenvalue weighted by molar-refractivity contribution is -0.00475. The predicted molar refractivity (Wildman–Crippen MR) is 176 cm³/mol. The quantitative estimate of drug-likeness (QED) is 0.0943. The molecule has 3 nitrogen and oxygen atoms in total. The highest BCUT2D eigenvalue weighted by molar-refractivity contribution is 6.02. The van der Waals surface area contributed by atoms with E-state index in [1.165, 1.54) is 59.9 Å². The molecule has 3 aromatic carbocycles. The summed E-state index contributed by atoms with van der Waals surface area (Å²) in [6.45, 7) is 8.82. The smallest absolute Gasteiger partial charge is 0.119 e. The molecule has 3 aromatic rings. The Morgan fingerprint density at radius 3 is 1.83 bits per heavy atom. The monoisotopic (exact) mass is 553 g/mol. The van der Waals surface area contributed by atoms with Crippen LogP contribution < -0.4 is 4.74 Å². The molecule has 0 saturated heterocycles. The fraction of sp³-hybridized carbons (Fsp3) is 0.421. The third kappa shape index (κ3) is 12.5. The summed E-state index contributed by atoms with van der Waals surface area (Å²) in [6, 6.07) is 30.1. The Labute approximate surface area is 249 Å². The first kappa shape index (κ1) is 32.4. The van der Waals surface area contributed by atoms with Gasteiger partial charge in [0.1, 0.15) is 12.4 Å². The van der Waals surface area contributed by atoms with Crippen molar-refractivity contribution in [2.75, 3.05) is 33.9 Å². The lowest BCUT2D eigenvalue weighted by atomic mass is 9.89. The number of ether oxygens (including phenoxy) is 2. The summed E-state index contributed by atoms with van der Waals surface area (Å²) in [6.07, 6.45) is 13.3. The minimum absolute atomic E-state index is 0.0244. The molecule has 0 saturated carbocycles. The first-order chi connectivity index (χ1) is 19.8. The molecule has 0 heterocycles. The Bertz CT molecular complexity index is 1170. The highest BCUT2D eigenvalue weighted by Crippen LogP contribution is 2.34. The third-order valence-electron chi connectivity index (χ3n) is 6.95. The van der Waals surface area contributed by atoms with E-state index in [0.717, 1.165) is 31.7 Å². The van der Waals surface area contributed by atoms with Gasteiger partial charge in [-0.2, -0.15) is 0 Å². The van der Waals surface area contributed by atoms with Crippen molar-refractivity contribution in [2.24, 2.45) is 0 Å². The van der Waals surface area contributed by atoms with E-state index in [-0.39, 0.29) is 5.60 Å². The van der Waals surface area contributed by atoms with E-state index in [2.05, 4.69) is 137 Å². The molecule has 0 aliphatic heterocycles. The molecular formula is C38H51NO2. The second kappa shape index (κ2) is 17.6. The number of hydrogen-bond acceptors (Lipinski definition) is 3. The summed E-state index contributed by atoms with van der Waals surface area (Å²) in [4.78, 5) is 2.13. The van der Waals surface area contributed by atoms with E-state index >= 15 is 0 Å². The summed E-state index contributed by atoms with van der Waals surface area (Å²) in [7, 11) is 4.13. The Balaban J connectivity index is 1.71. The Morgan fingerprint density at radius 2 is 1.22 bits per heavy atom. The molecule has 0 aromatic heterocycles. The number of benzene rings is 3. The number of rotatable bonds is 17. The molecule has 0 fully saturated rings. The van der Waals surface area contributed by atoms with Gasteiger partial charge in [0.15, 0.2) is 0 Å². The summed E-state index contributed by atoms with van der Waals surface area (Å²) in [5.74, 6) is 0.904. The molecule has 3 rings (SSSR count). The van der Waals surface area contributed by atoms with Crippen molar-refractivity contribution in [3.63, 3.8) is 0 Å². The van der Waals surface area contributed by atoms with Gasteiger partial charge in [0, 0.05) is 13.2 Å². The van der Waals surface area contributed by atoms with E-state index in [0.29, 0.717) is 6.61 Å². The summed E-state index contributed by atoms with van der Waals surface area (Å²) >= 11 is 0. The lowest BCUT2D eigenvalue weighted by Gasteiger charge is -2.19. The zero-order valence-electron chi connectivity index (χ0n) is 26.1. The van der Waals surface area contributed by atoms with Gasteiger partial charge in [-0.3, -0.25) is 0 Å². The van der Waals surface area contributed by atoms with Crippen molar-refractivity contribution in [2.45, 2.75) is 71.3 Å².